The highest BCUT2D eigenvalue weighted by molar-refractivity contribution is 9.10. The zero-order valence-electron chi connectivity index (χ0n) is 10.9. The van der Waals surface area contributed by atoms with E-state index < -0.39 is 0 Å². The minimum atomic E-state index is 0.791. The summed E-state index contributed by atoms with van der Waals surface area (Å²) in [6.07, 6.45) is 4.84. The number of hydrogen-bond acceptors (Lipinski definition) is 3. The highest BCUT2D eigenvalue weighted by atomic mass is 79.9. The van der Waals surface area contributed by atoms with Crippen molar-refractivity contribution in [3.8, 4) is 0 Å². The summed E-state index contributed by atoms with van der Waals surface area (Å²) in [6, 6.07) is 0. The molecule has 0 spiro atoms. The second kappa shape index (κ2) is 5.67. The van der Waals surface area contributed by atoms with Crippen molar-refractivity contribution in [3.05, 3.63) is 33.8 Å². The van der Waals surface area contributed by atoms with Crippen LogP contribution in [0.1, 0.15) is 23.9 Å². The third-order valence-corrected chi connectivity index (χ3v) is 3.80. The molecule has 0 saturated heterocycles. The summed E-state index contributed by atoms with van der Waals surface area (Å²) in [6.45, 7) is 3.71. The maximum Gasteiger partial charge on any atom is 0.0767 e. The van der Waals surface area contributed by atoms with Gasteiger partial charge in [0.15, 0.2) is 0 Å². The molecule has 2 aromatic rings. The van der Waals surface area contributed by atoms with Crippen LogP contribution in [0.15, 0.2) is 16.9 Å². The van der Waals surface area contributed by atoms with Gasteiger partial charge in [-0.1, -0.05) is 6.92 Å². The fourth-order valence-corrected chi connectivity index (χ4v) is 2.66. The first-order valence-corrected chi connectivity index (χ1v) is 6.79. The van der Waals surface area contributed by atoms with Gasteiger partial charge in [0.05, 0.1) is 22.1 Å². The summed E-state index contributed by atoms with van der Waals surface area (Å²) in [5, 5.41) is 12.0. The van der Waals surface area contributed by atoms with Gasteiger partial charge in [-0.05, 0) is 22.4 Å². The molecular formula is C12H18BrN5. The predicted octanol–water partition coefficient (Wildman–Crippen LogP) is 1.77. The van der Waals surface area contributed by atoms with Crippen molar-refractivity contribution < 1.29 is 0 Å². The van der Waals surface area contributed by atoms with Gasteiger partial charge in [0.1, 0.15) is 0 Å². The lowest BCUT2D eigenvalue weighted by Gasteiger charge is -2.04. The van der Waals surface area contributed by atoms with Gasteiger partial charge in [-0.2, -0.15) is 10.2 Å². The molecule has 1 N–H and O–H groups in total. The molecule has 0 bridgehead atoms. The van der Waals surface area contributed by atoms with E-state index in [1.165, 1.54) is 11.3 Å². The molecule has 0 aliphatic carbocycles. The van der Waals surface area contributed by atoms with Crippen LogP contribution in [0, 0.1) is 0 Å². The first-order valence-electron chi connectivity index (χ1n) is 6.00. The zero-order valence-corrected chi connectivity index (χ0v) is 12.5. The van der Waals surface area contributed by atoms with Gasteiger partial charge in [0.2, 0.25) is 0 Å². The summed E-state index contributed by atoms with van der Waals surface area (Å²) >= 11 is 3.61. The number of nitrogens with one attached hydrogen (secondary N) is 1. The minimum Gasteiger partial charge on any atom is -0.307 e. The fourth-order valence-electron chi connectivity index (χ4n) is 1.90. The molecule has 18 heavy (non-hydrogen) atoms. The van der Waals surface area contributed by atoms with Crippen LogP contribution in [-0.4, -0.2) is 19.6 Å². The number of hydrogen-bond donors (Lipinski definition) is 1. The number of nitrogens with zero attached hydrogens (tertiary/aromatic N) is 4. The molecule has 5 nitrogen and oxygen atoms in total. The predicted molar refractivity (Wildman–Crippen MR) is 74.0 cm³/mol. The minimum absolute atomic E-state index is 0.791. The van der Waals surface area contributed by atoms with E-state index in [2.05, 4.69) is 38.4 Å². The highest BCUT2D eigenvalue weighted by Crippen LogP contribution is 2.21. The van der Waals surface area contributed by atoms with E-state index in [1.54, 1.807) is 0 Å². The lowest BCUT2D eigenvalue weighted by molar-refractivity contribution is 0.622. The molecular weight excluding hydrogens is 294 g/mol. The molecule has 2 heterocycles. The number of rotatable bonds is 5. The molecule has 0 radical (unpaired) electrons. The van der Waals surface area contributed by atoms with Crippen LogP contribution < -0.4 is 5.32 Å². The number of halogens is 1. The average Bonchev–Trinajstić information content (AvgIpc) is 2.86. The van der Waals surface area contributed by atoms with Crippen LogP contribution in [0.3, 0.4) is 0 Å². The lowest BCUT2D eigenvalue weighted by Crippen LogP contribution is -2.15. The Labute approximate surface area is 115 Å². The van der Waals surface area contributed by atoms with Crippen LogP contribution in [0.4, 0.5) is 0 Å². The molecule has 0 aromatic carbocycles. The summed E-state index contributed by atoms with van der Waals surface area (Å²) in [7, 11) is 3.90. The van der Waals surface area contributed by atoms with Crippen LogP contribution in [-0.2, 0) is 33.6 Å². The van der Waals surface area contributed by atoms with E-state index in [4.69, 9.17) is 0 Å². The van der Waals surface area contributed by atoms with Gasteiger partial charge < -0.3 is 5.32 Å². The Morgan fingerprint density at radius 1 is 1.33 bits per heavy atom. The van der Waals surface area contributed by atoms with Gasteiger partial charge in [-0.3, -0.25) is 9.36 Å². The Bertz CT molecular complexity index is 529. The molecule has 0 saturated carbocycles. The van der Waals surface area contributed by atoms with E-state index in [9.17, 15) is 0 Å². The van der Waals surface area contributed by atoms with E-state index in [0.29, 0.717) is 0 Å². The molecule has 6 heteroatoms. The Balaban J connectivity index is 1.96. The molecule has 98 valence electrons. The molecule has 0 unspecified atom stereocenters. The van der Waals surface area contributed by atoms with E-state index in [1.807, 2.05) is 35.9 Å². The number of aromatic nitrogens is 4. The smallest absolute Gasteiger partial charge is 0.0767 e. The number of aryl methyl sites for hydroxylation is 3. The van der Waals surface area contributed by atoms with Gasteiger partial charge in [0.25, 0.3) is 0 Å². The Hall–Kier alpha value is -1.14. The van der Waals surface area contributed by atoms with Crippen molar-refractivity contribution in [3.63, 3.8) is 0 Å². The van der Waals surface area contributed by atoms with Crippen LogP contribution in [0.25, 0.3) is 0 Å². The van der Waals surface area contributed by atoms with E-state index in [-0.39, 0.29) is 0 Å². The lowest BCUT2D eigenvalue weighted by atomic mass is 10.3. The van der Waals surface area contributed by atoms with E-state index >= 15 is 0 Å². The molecule has 0 atom stereocenters. The quantitative estimate of drug-likeness (QED) is 0.915. The topological polar surface area (TPSA) is 47.7 Å². The van der Waals surface area contributed by atoms with Crippen molar-refractivity contribution in [2.24, 2.45) is 14.1 Å². The van der Waals surface area contributed by atoms with Gasteiger partial charge in [-0.25, -0.2) is 0 Å². The molecule has 0 aliphatic heterocycles. The maximum absolute atomic E-state index is 4.47. The van der Waals surface area contributed by atoms with Crippen LogP contribution in [0.2, 0.25) is 0 Å². The monoisotopic (exact) mass is 311 g/mol. The van der Waals surface area contributed by atoms with Gasteiger partial charge in [0, 0.05) is 38.9 Å². The third kappa shape index (κ3) is 2.81. The van der Waals surface area contributed by atoms with Crippen LogP contribution >= 0.6 is 15.9 Å². The van der Waals surface area contributed by atoms with Crippen molar-refractivity contribution in [2.75, 3.05) is 0 Å². The van der Waals surface area contributed by atoms with Crippen molar-refractivity contribution >= 4 is 15.9 Å². The van der Waals surface area contributed by atoms with Gasteiger partial charge >= 0.3 is 0 Å². The largest absolute Gasteiger partial charge is 0.307 e. The summed E-state index contributed by atoms with van der Waals surface area (Å²) in [4.78, 5) is 0. The fraction of sp³-hybridized carbons (Fsp3) is 0.500. The summed E-state index contributed by atoms with van der Waals surface area (Å²) < 4.78 is 4.86. The normalized spacial score (nSPS) is 11.1. The molecule has 2 aromatic heterocycles. The van der Waals surface area contributed by atoms with Gasteiger partial charge in [-0.15, -0.1) is 0 Å². The summed E-state index contributed by atoms with van der Waals surface area (Å²) in [5.41, 5.74) is 3.47. The molecule has 0 amide bonds. The standard InChI is InChI=1S/C12H18BrN5/c1-4-10-12(13)11(18(3)16-10)7-14-5-9-6-15-17(2)8-9/h6,8,14H,4-5,7H2,1-3H3. The highest BCUT2D eigenvalue weighted by Gasteiger charge is 2.11. The average molecular weight is 312 g/mol. The SMILES string of the molecule is CCc1nn(C)c(CNCc2cnn(C)c2)c1Br. The molecule has 0 aliphatic rings. The second-order valence-electron chi connectivity index (χ2n) is 4.31. The maximum atomic E-state index is 4.47. The Kier molecular flexibility index (Phi) is 4.19. The zero-order chi connectivity index (χ0) is 13.1. The first-order chi connectivity index (χ1) is 8.61. The van der Waals surface area contributed by atoms with Crippen molar-refractivity contribution in [2.45, 2.75) is 26.4 Å². The Morgan fingerprint density at radius 2 is 2.11 bits per heavy atom. The van der Waals surface area contributed by atoms with Crippen molar-refractivity contribution in [1.82, 2.24) is 24.9 Å². The van der Waals surface area contributed by atoms with E-state index in [0.717, 1.165) is 29.7 Å². The summed E-state index contributed by atoms with van der Waals surface area (Å²) in [5.74, 6) is 0. The second-order valence-corrected chi connectivity index (χ2v) is 5.10. The molecule has 2 rings (SSSR count). The Morgan fingerprint density at radius 3 is 2.67 bits per heavy atom. The van der Waals surface area contributed by atoms with Crippen LogP contribution in [0.5, 0.6) is 0 Å². The molecule has 0 fully saturated rings. The third-order valence-electron chi connectivity index (χ3n) is 2.88. The first kappa shape index (κ1) is 13.3. The van der Waals surface area contributed by atoms with Crippen molar-refractivity contribution in [1.29, 1.82) is 0 Å².